The van der Waals surface area contributed by atoms with Gasteiger partial charge in [-0.2, -0.15) is 0 Å². The van der Waals surface area contributed by atoms with Gasteiger partial charge in [0.2, 0.25) is 0 Å². The summed E-state index contributed by atoms with van der Waals surface area (Å²) in [4.78, 5) is 5.23. The Bertz CT molecular complexity index is 2970. The van der Waals surface area contributed by atoms with Crippen molar-refractivity contribution >= 4 is 66.4 Å². The molecule has 0 saturated carbocycles. The van der Waals surface area contributed by atoms with Crippen LogP contribution in [-0.2, 0) is 43.3 Å². The van der Waals surface area contributed by atoms with E-state index in [0.717, 1.165) is 0 Å². The topological polar surface area (TPSA) is 6.48 Å². The Kier molecular flexibility index (Phi) is 14.1. The van der Waals surface area contributed by atoms with Crippen LogP contribution < -0.4 is 9.80 Å². The highest BCUT2D eigenvalue weighted by atomic mass is 15.2. The predicted molar refractivity (Wildman–Crippen MR) is 338 cm³/mol. The molecule has 0 aliphatic carbocycles. The van der Waals surface area contributed by atoms with Gasteiger partial charge in [-0.1, -0.05) is 239 Å². The molecule has 0 atom stereocenters. The lowest BCUT2D eigenvalue weighted by atomic mass is 9.79. The van der Waals surface area contributed by atoms with Crippen LogP contribution in [0.5, 0.6) is 0 Å². The zero-order valence-electron chi connectivity index (χ0n) is 51.6. The number of fused-ring (bicyclic) bond motifs is 5. The molecule has 8 aromatic carbocycles. The van der Waals surface area contributed by atoms with Crippen LogP contribution in [0.4, 0.5) is 34.1 Å². The molecule has 2 nitrogen and oxygen atoms in total. The Morgan fingerprint density at radius 1 is 0.197 bits per heavy atom. The minimum absolute atomic E-state index is 0.0739. The van der Waals surface area contributed by atoms with Gasteiger partial charge >= 0.3 is 0 Å². The highest BCUT2D eigenvalue weighted by Crippen LogP contribution is 2.51. The molecule has 2 heteroatoms. The highest BCUT2D eigenvalue weighted by molar-refractivity contribution is 6.24. The lowest BCUT2D eigenvalue weighted by Crippen LogP contribution is -2.21. The van der Waals surface area contributed by atoms with Crippen LogP contribution in [0.15, 0.2) is 133 Å². The van der Waals surface area contributed by atoms with Crippen LogP contribution in [0, 0.1) is 0 Å². The molecule has 0 spiro atoms. The predicted octanol–water partition coefficient (Wildman–Crippen LogP) is 22.5. The van der Waals surface area contributed by atoms with Crippen LogP contribution in [0.3, 0.4) is 0 Å². The minimum atomic E-state index is -0.0739. The lowest BCUT2D eigenvalue weighted by Gasteiger charge is -2.35. The first-order valence-electron chi connectivity index (χ1n) is 28.3. The number of hydrogen-bond donors (Lipinski definition) is 0. The van der Waals surface area contributed by atoms with Crippen LogP contribution in [-0.4, -0.2) is 0 Å². The maximum atomic E-state index is 2.61. The number of nitrogens with zero attached hydrogens (tertiary/aromatic N) is 2. The first kappa shape index (κ1) is 56.3. The van der Waals surface area contributed by atoms with E-state index in [-0.39, 0.29) is 43.3 Å². The van der Waals surface area contributed by atoms with Crippen molar-refractivity contribution in [2.24, 2.45) is 0 Å². The van der Waals surface area contributed by atoms with Crippen LogP contribution in [0.25, 0.3) is 32.3 Å². The normalized spacial score (nSPS) is 13.5. The Morgan fingerprint density at radius 3 is 0.539 bits per heavy atom. The molecular formula is C74H94N2. The van der Waals surface area contributed by atoms with E-state index in [1.807, 2.05) is 0 Å². The van der Waals surface area contributed by atoms with Gasteiger partial charge in [0.15, 0.2) is 0 Å². The summed E-state index contributed by atoms with van der Waals surface area (Å²) in [5.41, 5.74) is 17.1. The molecule has 0 aromatic heterocycles. The molecule has 0 aliphatic heterocycles. The largest absolute Gasteiger partial charge is 0.310 e. The van der Waals surface area contributed by atoms with Crippen molar-refractivity contribution < 1.29 is 0 Å². The van der Waals surface area contributed by atoms with E-state index < -0.39 is 0 Å². The summed E-state index contributed by atoms with van der Waals surface area (Å²) in [5, 5.41) is 7.37. The van der Waals surface area contributed by atoms with E-state index in [1.54, 1.807) is 0 Å². The number of benzene rings is 8. The molecule has 0 aliphatic rings. The average Bonchev–Trinajstić information content (AvgIpc) is 3.29. The summed E-state index contributed by atoms with van der Waals surface area (Å²) in [5.74, 6) is 0. The smallest absolute Gasteiger partial charge is 0.0546 e. The average molecular weight is 1010 g/mol. The maximum absolute atomic E-state index is 2.61. The maximum Gasteiger partial charge on any atom is 0.0546 e. The Labute approximate surface area is 461 Å². The molecule has 8 rings (SSSR count). The number of anilines is 6. The molecule has 0 radical (unpaired) electrons. The lowest BCUT2D eigenvalue weighted by molar-refractivity contribution is 0.567. The van der Waals surface area contributed by atoms with Gasteiger partial charge in [0.1, 0.15) is 0 Å². The van der Waals surface area contributed by atoms with Gasteiger partial charge in [-0.15, -0.1) is 0 Å². The van der Waals surface area contributed by atoms with Crippen LogP contribution in [0.2, 0.25) is 0 Å². The van der Waals surface area contributed by atoms with Gasteiger partial charge in [-0.05, 0) is 170 Å². The minimum Gasteiger partial charge on any atom is -0.310 e. The zero-order valence-corrected chi connectivity index (χ0v) is 51.6. The summed E-state index contributed by atoms with van der Waals surface area (Å²) in [6.45, 7) is 56.5. The summed E-state index contributed by atoms with van der Waals surface area (Å²) < 4.78 is 0. The third kappa shape index (κ3) is 11.4. The molecular weight excluding hydrogens is 917 g/mol. The van der Waals surface area contributed by atoms with Crippen molar-refractivity contribution in [2.75, 3.05) is 9.80 Å². The number of rotatable bonds is 6. The molecule has 0 heterocycles. The summed E-state index contributed by atoms with van der Waals surface area (Å²) in [6.07, 6.45) is 0. The first-order valence-corrected chi connectivity index (χ1v) is 28.3. The summed E-state index contributed by atoms with van der Waals surface area (Å²) in [7, 11) is 0. The molecule has 0 unspecified atom stereocenters. The molecule has 0 saturated heterocycles. The Hall–Kier alpha value is -5.86. The van der Waals surface area contributed by atoms with E-state index in [9.17, 15) is 0 Å². The second kappa shape index (κ2) is 19.0. The fourth-order valence-electron chi connectivity index (χ4n) is 10.6. The van der Waals surface area contributed by atoms with E-state index in [2.05, 4.69) is 309 Å². The Morgan fingerprint density at radius 2 is 0.368 bits per heavy atom. The molecule has 0 N–H and O–H groups in total. The first-order chi connectivity index (χ1) is 34.7. The zero-order chi connectivity index (χ0) is 56.3. The van der Waals surface area contributed by atoms with E-state index in [4.69, 9.17) is 0 Å². The van der Waals surface area contributed by atoms with Gasteiger partial charge in [-0.3, -0.25) is 0 Å². The highest BCUT2D eigenvalue weighted by Gasteiger charge is 2.31. The van der Waals surface area contributed by atoms with E-state index >= 15 is 0 Å². The molecule has 8 aromatic rings. The second-order valence-corrected chi connectivity index (χ2v) is 30.7. The molecule has 400 valence electrons. The Balaban J connectivity index is 1.57. The fourth-order valence-corrected chi connectivity index (χ4v) is 10.6. The van der Waals surface area contributed by atoms with E-state index in [0.29, 0.717) is 0 Å². The van der Waals surface area contributed by atoms with Gasteiger partial charge < -0.3 is 9.80 Å². The van der Waals surface area contributed by atoms with Crippen LogP contribution in [0.1, 0.15) is 211 Å². The van der Waals surface area contributed by atoms with Crippen molar-refractivity contribution in [1.29, 1.82) is 0 Å². The molecule has 76 heavy (non-hydrogen) atoms. The van der Waals surface area contributed by atoms with Gasteiger partial charge in [0, 0.05) is 33.5 Å². The molecule has 0 amide bonds. The second-order valence-electron chi connectivity index (χ2n) is 30.7. The van der Waals surface area contributed by atoms with Crippen LogP contribution >= 0.6 is 0 Å². The number of hydrogen-bond acceptors (Lipinski definition) is 2. The summed E-state index contributed by atoms with van der Waals surface area (Å²) >= 11 is 0. The van der Waals surface area contributed by atoms with Gasteiger partial charge in [0.05, 0.1) is 11.4 Å². The van der Waals surface area contributed by atoms with Crippen molar-refractivity contribution in [3.05, 3.63) is 178 Å². The quantitative estimate of drug-likeness (QED) is 0.153. The third-order valence-corrected chi connectivity index (χ3v) is 16.0. The van der Waals surface area contributed by atoms with Gasteiger partial charge in [-0.25, -0.2) is 0 Å². The van der Waals surface area contributed by atoms with Crippen molar-refractivity contribution in [3.8, 4) is 0 Å². The summed E-state index contributed by atoms with van der Waals surface area (Å²) in [6, 6.07) is 53.1. The monoisotopic (exact) mass is 1010 g/mol. The van der Waals surface area contributed by atoms with E-state index in [1.165, 1.54) is 111 Å². The van der Waals surface area contributed by atoms with Crippen molar-refractivity contribution in [1.82, 2.24) is 0 Å². The molecule has 0 bridgehead atoms. The fraction of sp³-hybridized carbons (Fsp3) is 0.432. The van der Waals surface area contributed by atoms with Gasteiger partial charge in [0.25, 0.3) is 0 Å². The van der Waals surface area contributed by atoms with Crippen molar-refractivity contribution in [3.63, 3.8) is 0 Å². The standard InChI is InChI=1S/C74H94N2/c1-67(2,3)47-33-48(68(4,5)6)38-55(37-47)75(56-39-49(69(7,8)9)34-50(40-56)70(10,11)12)65-45-63-60-30-26-28-32-62(60)66(46-64(63)59-29-25-27-31-61(59)65)76(57-41-51(71(13,14)15)35-52(42-57)72(16,17)18)58-43-53(73(19,20)21)36-54(44-58)74(22,23)24/h25-46H,1-24H3. The third-order valence-electron chi connectivity index (χ3n) is 16.0. The SMILES string of the molecule is CC(C)(C)c1cc(N(c2cc(C(C)(C)C)cc(C(C)(C)C)c2)c2cc3c4ccccc4c(N(c4cc(C(C)(C)C)cc(C(C)(C)C)c4)c4cc(C(C)(C)C)cc(C(C)(C)C)c4)cc3c3ccccc23)cc(C(C)(C)C)c1. The molecule has 0 fully saturated rings. The van der Waals surface area contributed by atoms with Crippen molar-refractivity contribution in [2.45, 2.75) is 209 Å².